The van der Waals surface area contributed by atoms with Gasteiger partial charge in [0.05, 0.1) is 30.4 Å². The molecule has 18 heavy (non-hydrogen) atoms. The van der Waals surface area contributed by atoms with Crippen LogP contribution in [0.4, 0.5) is 5.69 Å². The van der Waals surface area contributed by atoms with Crippen LogP contribution in [0, 0.1) is 11.3 Å². The van der Waals surface area contributed by atoms with E-state index in [9.17, 15) is 9.59 Å². The maximum atomic E-state index is 11.4. The monoisotopic (exact) mass is 270 g/mol. The van der Waals surface area contributed by atoms with Crippen LogP contribution < -0.4 is 11.1 Å². The summed E-state index contributed by atoms with van der Waals surface area (Å²) in [5.74, 6) is -1.67. The summed E-state index contributed by atoms with van der Waals surface area (Å²) in [5, 5.41) is 19.4. The first kappa shape index (κ1) is 15.8. The van der Waals surface area contributed by atoms with E-state index < -0.39 is 17.9 Å². The van der Waals surface area contributed by atoms with E-state index in [0.717, 1.165) is 0 Å². The minimum atomic E-state index is -1.15. The third kappa shape index (κ3) is 4.37. The zero-order chi connectivity index (χ0) is 12.8. The van der Waals surface area contributed by atoms with Crippen LogP contribution in [0.1, 0.15) is 16.9 Å². The highest BCUT2D eigenvalue weighted by Gasteiger charge is 2.13. The molecule has 0 spiro atoms. The standard InChI is InChI=1S/C10H10N4O3.ClH/c11-4-3-7(12)9(15)14-6-1-2-8(10(16)17)13-5-6;/h1-2,5,7H,3,12H2,(H,14,15)(H,16,17);1H/t7-;/m0./s1. The fourth-order valence-corrected chi connectivity index (χ4v) is 1.02. The first-order valence-corrected chi connectivity index (χ1v) is 4.67. The smallest absolute Gasteiger partial charge is 0.354 e. The lowest BCUT2D eigenvalue weighted by atomic mass is 10.2. The van der Waals surface area contributed by atoms with Crippen LogP contribution >= 0.6 is 12.4 Å². The summed E-state index contributed by atoms with van der Waals surface area (Å²) in [6.45, 7) is 0. The van der Waals surface area contributed by atoms with Crippen LogP contribution in [-0.2, 0) is 4.79 Å². The topological polar surface area (TPSA) is 129 Å². The van der Waals surface area contributed by atoms with Crippen LogP contribution in [0.3, 0.4) is 0 Å². The SMILES string of the molecule is Cl.N#CC[C@H](N)C(=O)Nc1ccc(C(=O)O)nc1. The maximum Gasteiger partial charge on any atom is 0.354 e. The molecule has 0 fully saturated rings. The van der Waals surface area contributed by atoms with Gasteiger partial charge in [-0.3, -0.25) is 4.79 Å². The van der Waals surface area contributed by atoms with Crippen LogP contribution in [0.5, 0.6) is 0 Å². The second-order valence-corrected chi connectivity index (χ2v) is 3.20. The highest BCUT2D eigenvalue weighted by molar-refractivity contribution is 5.95. The number of aromatic nitrogens is 1. The van der Waals surface area contributed by atoms with E-state index in [2.05, 4.69) is 10.3 Å². The molecule has 0 aliphatic rings. The number of nitrogens with zero attached hydrogens (tertiary/aromatic N) is 2. The van der Waals surface area contributed by atoms with Crippen LogP contribution in [0.2, 0.25) is 0 Å². The molecular formula is C10H11ClN4O3. The van der Waals surface area contributed by atoms with Crippen molar-refractivity contribution in [3.8, 4) is 6.07 Å². The summed E-state index contributed by atoms with van der Waals surface area (Å²) in [6.07, 6.45) is 1.12. The van der Waals surface area contributed by atoms with Gasteiger partial charge in [-0.1, -0.05) is 0 Å². The summed E-state index contributed by atoms with van der Waals surface area (Å²) in [7, 11) is 0. The average Bonchev–Trinajstić information content (AvgIpc) is 2.30. The second kappa shape index (κ2) is 7.21. The molecule has 1 amide bonds. The summed E-state index contributed by atoms with van der Waals surface area (Å²) in [4.78, 5) is 25.5. The van der Waals surface area contributed by atoms with E-state index in [-0.39, 0.29) is 24.5 Å². The molecule has 0 bridgehead atoms. The summed E-state index contributed by atoms with van der Waals surface area (Å²) >= 11 is 0. The number of halogens is 1. The molecular weight excluding hydrogens is 260 g/mol. The molecule has 96 valence electrons. The lowest BCUT2D eigenvalue weighted by Crippen LogP contribution is -2.35. The van der Waals surface area contributed by atoms with Crippen molar-refractivity contribution in [1.29, 1.82) is 5.26 Å². The molecule has 7 nitrogen and oxygen atoms in total. The van der Waals surface area contributed by atoms with Crippen molar-refractivity contribution in [2.45, 2.75) is 12.5 Å². The Bertz CT molecular complexity index is 469. The molecule has 1 aromatic heterocycles. The van der Waals surface area contributed by atoms with E-state index in [1.807, 2.05) is 0 Å². The van der Waals surface area contributed by atoms with Crippen molar-refractivity contribution >= 4 is 30.0 Å². The highest BCUT2D eigenvalue weighted by Crippen LogP contribution is 2.06. The van der Waals surface area contributed by atoms with Crippen LogP contribution in [0.25, 0.3) is 0 Å². The lowest BCUT2D eigenvalue weighted by molar-refractivity contribution is -0.117. The molecule has 1 aromatic rings. The van der Waals surface area contributed by atoms with Crippen molar-refractivity contribution in [3.63, 3.8) is 0 Å². The van der Waals surface area contributed by atoms with Crippen molar-refractivity contribution < 1.29 is 14.7 Å². The van der Waals surface area contributed by atoms with E-state index in [4.69, 9.17) is 16.1 Å². The van der Waals surface area contributed by atoms with Gasteiger partial charge < -0.3 is 16.2 Å². The largest absolute Gasteiger partial charge is 0.477 e. The fourth-order valence-electron chi connectivity index (χ4n) is 1.02. The number of anilines is 1. The Morgan fingerprint density at radius 1 is 1.56 bits per heavy atom. The van der Waals surface area contributed by atoms with Crippen LogP contribution in [-0.4, -0.2) is 28.0 Å². The molecule has 0 radical (unpaired) electrons. The maximum absolute atomic E-state index is 11.4. The minimum Gasteiger partial charge on any atom is -0.477 e. The normalized spacial score (nSPS) is 10.7. The Hall–Kier alpha value is -2.17. The number of hydrogen-bond donors (Lipinski definition) is 3. The number of carbonyl (C=O) groups excluding carboxylic acids is 1. The quantitative estimate of drug-likeness (QED) is 0.725. The Morgan fingerprint density at radius 2 is 2.22 bits per heavy atom. The van der Waals surface area contributed by atoms with Crippen LogP contribution in [0.15, 0.2) is 18.3 Å². The van der Waals surface area contributed by atoms with Gasteiger partial charge in [0.25, 0.3) is 0 Å². The molecule has 0 saturated heterocycles. The number of pyridine rings is 1. The van der Waals surface area contributed by atoms with Crippen molar-refractivity contribution in [1.82, 2.24) is 4.98 Å². The van der Waals surface area contributed by atoms with Gasteiger partial charge in [0, 0.05) is 0 Å². The zero-order valence-electron chi connectivity index (χ0n) is 9.16. The Kier molecular flexibility index (Phi) is 6.34. The van der Waals surface area contributed by atoms with Gasteiger partial charge in [-0.15, -0.1) is 12.4 Å². The molecule has 0 aliphatic carbocycles. The molecule has 1 atom stereocenters. The number of nitrogens with one attached hydrogen (secondary N) is 1. The summed E-state index contributed by atoms with van der Waals surface area (Å²) in [5.41, 5.74) is 5.61. The first-order valence-electron chi connectivity index (χ1n) is 4.67. The number of nitriles is 1. The van der Waals surface area contributed by atoms with Gasteiger partial charge in [-0.25, -0.2) is 9.78 Å². The number of hydrogen-bond acceptors (Lipinski definition) is 5. The fraction of sp³-hybridized carbons (Fsp3) is 0.200. The number of amides is 1. The molecule has 0 unspecified atom stereocenters. The molecule has 4 N–H and O–H groups in total. The molecule has 8 heteroatoms. The highest BCUT2D eigenvalue weighted by atomic mass is 35.5. The van der Waals surface area contributed by atoms with E-state index in [1.54, 1.807) is 6.07 Å². The van der Waals surface area contributed by atoms with Crippen molar-refractivity contribution in [2.24, 2.45) is 5.73 Å². The Balaban J connectivity index is 0.00000289. The number of carboxylic acid groups (broad SMARTS) is 1. The van der Waals surface area contributed by atoms with Gasteiger partial charge in [0.15, 0.2) is 0 Å². The summed E-state index contributed by atoms with van der Waals surface area (Å²) in [6, 6.07) is 3.52. The number of aromatic carboxylic acids is 1. The number of carboxylic acids is 1. The number of carbonyl (C=O) groups is 2. The third-order valence-electron chi connectivity index (χ3n) is 1.90. The van der Waals surface area contributed by atoms with E-state index >= 15 is 0 Å². The Morgan fingerprint density at radius 3 is 2.67 bits per heavy atom. The van der Waals surface area contributed by atoms with Crippen molar-refractivity contribution in [2.75, 3.05) is 5.32 Å². The first-order chi connectivity index (χ1) is 8.04. The van der Waals surface area contributed by atoms with Gasteiger partial charge in [-0.2, -0.15) is 5.26 Å². The molecule has 0 saturated carbocycles. The second-order valence-electron chi connectivity index (χ2n) is 3.20. The molecule has 0 aliphatic heterocycles. The number of nitrogens with two attached hydrogens (primary N) is 1. The van der Waals surface area contributed by atoms with Gasteiger partial charge in [0.2, 0.25) is 5.91 Å². The molecule has 1 heterocycles. The molecule has 0 aromatic carbocycles. The zero-order valence-corrected chi connectivity index (χ0v) is 9.98. The van der Waals surface area contributed by atoms with Gasteiger partial charge in [0.1, 0.15) is 5.69 Å². The Labute approximate surface area is 109 Å². The molecule has 1 rings (SSSR count). The van der Waals surface area contributed by atoms with Gasteiger partial charge >= 0.3 is 5.97 Å². The van der Waals surface area contributed by atoms with E-state index in [0.29, 0.717) is 5.69 Å². The van der Waals surface area contributed by atoms with E-state index in [1.165, 1.54) is 18.3 Å². The number of rotatable bonds is 4. The third-order valence-corrected chi connectivity index (χ3v) is 1.90. The summed E-state index contributed by atoms with van der Waals surface area (Å²) < 4.78 is 0. The minimum absolute atomic E-state index is 0. The van der Waals surface area contributed by atoms with Crippen molar-refractivity contribution in [3.05, 3.63) is 24.0 Å². The average molecular weight is 271 g/mol. The predicted octanol–water partition coefficient (Wildman–Crippen LogP) is 0.381. The predicted molar refractivity (Wildman–Crippen MR) is 65.3 cm³/mol. The van der Waals surface area contributed by atoms with Gasteiger partial charge in [-0.05, 0) is 12.1 Å². The lowest BCUT2D eigenvalue weighted by Gasteiger charge is -2.08.